The summed E-state index contributed by atoms with van der Waals surface area (Å²) in [6, 6.07) is 10.1. The van der Waals surface area contributed by atoms with Crippen molar-refractivity contribution in [3.63, 3.8) is 0 Å². The SMILES string of the molecule is CN1C(=O)c2ccc(C(=O)Nc3cccc(S(=O)(=O)NC(C)(C)C)c3)cc2C1=O. The van der Waals surface area contributed by atoms with Crippen LogP contribution in [0.25, 0.3) is 0 Å². The van der Waals surface area contributed by atoms with Crippen molar-refractivity contribution in [1.29, 1.82) is 0 Å². The van der Waals surface area contributed by atoms with Crippen LogP contribution in [0.4, 0.5) is 5.69 Å². The number of anilines is 1. The van der Waals surface area contributed by atoms with Gasteiger partial charge in [0.15, 0.2) is 0 Å². The Labute approximate surface area is 169 Å². The molecule has 0 radical (unpaired) electrons. The van der Waals surface area contributed by atoms with Crippen molar-refractivity contribution >= 4 is 33.4 Å². The molecule has 1 aliphatic rings. The van der Waals surface area contributed by atoms with Gasteiger partial charge in [0.2, 0.25) is 10.0 Å². The lowest BCUT2D eigenvalue weighted by atomic mass is 10.1. The second-order valence-corrected chi connectivity index (χ2v) is 9.45. The third kappa shape index (κ3) is 4.20. The first kappa shape index (κ1) is 20.7. The van der Waals surface area contributed by atoms with Crippen molar-refractivity contribution in [2.24, 2.45) is 0 Å². The van der Waals surface area contributed by atoms with Crippen LogP contribution in [0.2, 0.25) is 0 Å². The molecule has 0 saturated carbocycles. The molecule has 0 atom stereocenters. The van der Waals surface area contributed by atoms with E-state index in [1.54, 1.807) is 26.8 Å². The number of carbonyl (C=O) groups excluding carboxylic acids is 3. The van der Waals surface area contributed by atoms with Crippen LogP contribution in [0.3, 0.4) is 0 Å². The van der Waals surface area contributed by atoms with Crippen LogP contribution in [-0.4, -0.2) is 43.6 Å². The largest absolute Gasteiger partial charge is 0.322 e. The molecule has 2 aromatic carbocycles. The zero-order chi connectivity index (χ0) is 21.6. The van der Waals surface area contributed by atoms with E-state index in [1.165, 1.54) is 43.4 Å². The average Bonchev–Trinajstić information content (AvgIpc) is 2.84. The second-order valence-electron chi connectivity index (χ2n) is 7.77. The van der Waals surface area contributed by atoms with Gasteiger partial charge in [-0.25, -0.2) is 13.1 Å². The molecule has 1 heterocycles. The van der Waals surface area contributed by atoms with Gasteiger partial charge in [0.1, 0.15) is 0 Å². The van der Waals surface area contributed by atoms with Crippen LogP contribution in [0.1, 0.15) is 51.8 Å². The fourth-order valence-corrected chi connectivity index (χ4v) is 4.37. The van der Waals surface area contributed by atoms with Crippen molar-refractivity contribution in [1.82, 2.24) is 9.62 Å². The molecule has 29 heavy (non-hydrogen) atoms. The van der Waals surface area contributed by atoms with Crippen molar-refractivity contribution < 1.29 is 22.8 Å². The lowest BCUT2D eigenvalue weighted by Crippen LogP contribution is -2.40. The lowest BCUT2D eigenvalue weighted by Gasteiger charge is -2.20. The molecular weight excluding hydrogens is 394 g/mol. The molecule has 0 unspecified atom stereocenters. The van der Waals surface area contributed by atoms with E-state index in [0.29, 0.717) is 0 Å². The highest BCUT2D eigenvalue weighted by Gasteiger charge is 2.33. The van der Waals surface area contributed by atoms with Gasteiger partial charge in [-0.15, -0.1) is 0 Å². The minimum atomic E-state index is -3.76. The average molecular weight is 415 g/mol. The number of fused-ring (bicyclic) bond motifs is 1. The van der Waals surface area contributed by atoms with Gasteiger partial charge in [-0.1, -0.05) is 6.07 Å². The van der Waals surface area contributed by atoms with E-state index in [2.05, 4.69) is 10.0 Å². The Morgan fingerprint density at radius 3 is 2.28 bits per heavy atom. The highest BCUT2D eigenvalue weighted by molar-refractivity contribution is 7.89. The smallest absolute Gasteiger partial charge is 0.261 e. The van der Waals surface area contributed by atoms with Gasteiger partial charge in [0, 0.05) is 23.8 Å². The number of hydrogen-bond acceptors (Lipinski definition) is 5. The maximum atomic E-state index is 12.6. The minimum Gasteiger partial charge on any atom is -0.322 e. The van der Waals surface area contributed by atoms with Gasteiger partial charge < -0.3 is 5.32 Å². The molecule has 3 amide bonds. The Hall–Kier alpha value is -3.04. The topological polar surface area (TPSA) is 113 Å². The van der Waals surface area contributed by atoms with E-state index in [4.69, 9.17) is 0 Å². The van der Waals surface area contributed by atoms with Gasteiger partial charge in [0.05, 0.1) is 16.0 Å². The van der Waals surface area contributed by atoms with Gasteiger partial charge >= 0.3 is 0 Å². The van der Waals surface area contributed by atoms with Crippen LogP contribution in [-0.2, 0) is 10.0 Å². The number of nitrogens with one attached hydrogen (secondary N) is 2. The number of hydrogen-bond donors (Lipinski definition) is 2. The van der Waals surface area contributed by atoms with Crippen LogP contribution < -0.4 is 10.0 Å². The third-order valence-electron chi connectivity index (χ3n) is 4.19. The highest BCUT2D eigenvalue weighted by Crippen LogP contribution is 2.24. The Morgan fingerprint density at radius 2 is 1.62 bits per heavy atom. The molecule has 2 aromatic rings. The van der Waals surface area contributed by atoms with Gasteiger partial charge in [-0.05, 0) is 57.2 Å². The minimum absolute atomic E-state index is 0.0153. The summed E-state index contributed by atoms with van der Waals surface area (Å²) >= 11 is 0. The summed E-state index contributed by atoms with van der Waals surface area (Å²) in [7, 11) is -2.38. The van der Waals surface area contributed by atoms with Crippen molar-refractivity contribution in [2.75, 3.05) is 12.4 Å². The second kappa shape index (κ2) is 7.09. The van der Waals surface area contributed by atoms with E-state index >= 15 is 0 Å². The summed E-state index contributed by atoms with van der Waals surface area (Å²) in [5.74, 6) is -1.41. The zero-order valence-corrected chi connectivity index (χ0v) is 17.3. The standard InChI is InChI=1S/C20H21N3O5S/c1-20(2,3)22-29(27,28)14-7-5-6-13(11-14)21-17(24)12-8-9-15-16(10-12)19(26)23(4)18(15)25/h5-11,22H,1-4H3,(H,21,24). The molecule has 0 bridgehead atoms. The summed E-state index contributed by atoms with van der Waals surface area (Å²) in [6.07, 6.45) is 0. The third-order valence-corrected chi connectivity index (χ3v) is 5.95. The van der Waals surface area contributed by atoms with E-state index in [0.717, 1.165) is 4.90 Å². The molecule has 152 valence electrons. The quantitative estimate of drug-likeness (QED) is 0.744. The number of carbonyl (C=O) groups is 3. The highest BCUT2D eigenvalue weighted by atomic mass is 32.2. The van der Waals surface area contributed by atoms with Gasteiger partial charge in [0.25, 0.3) is 17.7 Å². The maximum absolute atomic E-state index is 12.6. The van der Waals surface area contributed by atoms with Crippen LogP contribution >= 0.6 is 0 Å². The van der Waals surface area contributed by atoms with Crippen LogP contribution in [0.15, 0.2) is 47.4 Å². The molecule has 0 fully saturated rings. The van der Waals surface area contributed by atoms with E-state index in [9.17, 15) is 22.8 Å². The molecule has 9 heteroatoms. The molecule has 3 rings (SSSR count). The number of imide groups is 1. The molecule has 0 spiro atoms. The number of nitrogens with zero attached hydrogens (tertiary/aromatic N) is 1. The number of amides is 3. The number of rotatable bonds is 4. The van der Waals surface area contributed by atoms with E-state index < -0.39 is 33.3 Å². The van der Waals surface area contributed by atoms with Gasteiger partial charge in [-0.3, -0.25) is 19.3 Å². The summed E-state index contributed by atoms with van der Waals surface area (Å²) < 4.78 is 27.5. The Morgan fingerprint density at radius 1 is 0.966 bits per heavy atom. The molecule has 0 aliphatic carbocycles. The van der Waals surface area contributed by atoms with E-state index in [1.807, 2.05) is 0 Å². The lowest BCUT2D eigenvalue weighted by molar-refractivity contribution is 0.0693. The fourth-order valence-electron chi connectivity index (χ4n) is 2.91. The van der Waals surface area contributed by atoms with Crippen molar-refractivity contribution in [3.8, 4) is 0 Å². The molecule has 1 aliphatic heterocycles. The number of benzene rings is 2. The summed E-state index contributed by atoms with van der Waals surface area (Å²) in [4.78, 5) is 37.7. The normalized spacial score (nSPS) is 14.1. The number of sulfonamides is 1. The Balaban J connectivity index is 1.84. The van der Waals surface area contributed by atoms with Crippen LogP contribution in [0.5, 0.6) is 0 Å². The summed E-state index contributed by atoms with van der Waals surface area (Å²) in [5, 5.41) is 2.62. The first-order chi connectivity index (χ1) is 13.4. The molecule has 8 nitrogen and oxygen atoms in total. The Kier molecular flexibility index (Phi) is 5.06. The monoisotopic (exact) mass is 415 g/mol. The molecular formula is C20H21N3O5S. The van der Waals surface area contributed by atoms with E-state index in [-0.39, 0.29) is 27.3 Å². The summed E-state index contributed by atoms with van der Waals surface area (Å²) in [5.41, 5.74) is 0.221. The first-order valence-corrected chi connectivity index (χ1v) is 10.3. The predicted octanol–water partition coefficient (Wildman–Crippen LogP) is 2.24. The molecule has 0 aromatic heterocycles. The van der Waals surface area contributed by atoms with Crippen molar-refractivity contribution in [3.05, 3.63) is 59.2 Å². The predicted molar refractivity (Wildman–Crippen MR) is 107 cm³/mol. The first-order valence-electron chi connectivity index (χ1n) is 8.81. The van der Waals surface area contributed by atoms with Gasteiger partial charge in [-0.2, -0.15) is 0 Å². The maximum Gasteiger partial charge on any atom is 0.261 e. The Bertz CT molecular complexity index is 1130. The van der Waals surface area contributed by atoms with Crippen molar-refractivity contribution in [2.45, 2.75) is 31.2 Å². The summed E-state index contributed by atoms with van der Waals surface area (Å²) in [6.45, 7) is 5.19. The van der Waals surface area contributed by atoms with Crippen LogP contribution in [0, 0.1) is 0 Å². The molecule has 0 saturated heterocycles. The zero-order valence-electron chi connectivity index (χ0n) is 16.4. The fraction of sp³-hybridized carbons (Fsp3) is 0.250. The molecule has 2 N–H and O–H groups in total.